The summed E-state index contributed by atoms with van der Waals surface area (Å²) in [5, 5.41) is 5.50. The van der Waals surface area contributed by atoms with E-state index in [1.165, 1.54) is 0 Å². The Bertz CT molecular complexity index is 3670. The van der Waals surface area contributed by atoms with Crippen LogP contribution in [0, 0.1) is 0 Å². The van der Waals surface area contributed by atoms with E-state index in [0.29, 0.717) is 17.5 Å². The maximum Gasteiger partial charge on any atom is 0.164 e. The molecular weight excluding hydrogens is 769 g/mol. The Kier molecular flexibility index (Phi) is 8.75. The molecule has 12 aromatic rings. The SMILES string of the molecule is c1ccc(-c2ccc(-c3nc(-c4ccccc4)nc(-c4cccc(-c5cccc(-c6cccc7nc(-c8cccc9ccccc89)c8oc9ccccc9c8c67)c5)c4)n3)cc2)cc1. The average molecular weight is 805 g/mol. The van der Waals surface area contributed by atoms with Crippen molar-refractivity contribution in [3.63, 3.8) is 0 Å². The van der Waals surface area contributed by atoms with Crippen LogP contribution in [0.1, 0.15) is 0 Å². The standard InChI is InChI=1S/C58H36N4O/c1-3-15-37(16-4-1)38-31-33-41(34-32-38)57-60-56(40-18-5-2-6-19-40)61-58(62-57)45-24-12-22-43(36-45)42-21-11-23-44(35-42)47-27-14-29-50-52(47)53-49-26-9-10-30-51(49)63-55(53)54(59-50)48-28-13-20-39-17-7-8-25-46(39)48/h1-36H. The van der Waals surface area contributed by atoms with Crippen LogP contribution in [0.2, 0.25) is 0 Å². The Morgan fingerprint density at radius 1 is 0.302 bits per heavy atom. The van der Waals surface area contributed by atoms with E-state index in [-0.39, 0.29) is 0 Å². The molecule has 0 radical (unpaired) electrons. The van der Waals surface area contributed by atoms with Gasteiger partial charge in [-0.05, 0) is 68.4 Å². The van der Waals surface area contributed by atoms with Crippen molar-refractivity contribution >= 4 is 43.6 Å². The average Bonchev–Trinajstić information content (AvgIpc) is 3.76. The lowest BCUT2D eigenvalue weighted by molar-refractivity contribution is 0.669. The van der Waals surface area contributed by atoms with E-state index >= 15 is 0 Å². The van der Waals surface area contributed by atoms with Gasteiger partial charge < -0.3 is 4.42 Å². The molecule has 0 aliphatic heterocycles. The predicted octanol–water partition coefficient (Wildman–Crippen LogP) is 15.1. The van der Waals surface area contributed by atoms with Crippen molar-refractivity contribution in [1.82, 2.24) is 19.9 Å². The van der Waals surface area contributed by atoms with Crippen molar-refractivity contribution in [3.8, 4) is 78.8 Å². The second-order valence-electron chi connectivity index (χ2n) is 15.8. The van der Waals surface area contributed by atoms with Crippen LogP contribution >= 0.6 is 0 Å². The fraction of sp³-hybridized carbons (Fsp3) is 0. The first-order valence-electron chi connectivity index (χ1n) is 21.1. The van der Waals surface area contributed by atoms with Gasteiger partial charge in [0.25, 0.3) is 0 Å². The molecule has 294 valence electrons. The van der Waals surface area contributed by atoms with Crippen LogP contribution < -0.4 is 0 Å². The molecule has 63 heavy (non-hydrogen) atoms. The van der Waals surface area contributed by atoms with Crippen LogP contribution in [-0.4, -0.2) is 19.9 Å². The van der Waals surface area contributed by atoms with Gasteiger partial charge in [-0.15, -0.1) is 0 Å². The van der Waals surface area contributed by atoms with E-state index in [9.17, 15) is 0 Å². The molecule has 0 aliphatic carbocycles. The summed E-state index contributed by atoms with van der Waals surface area (Å²) in [4.78, 5) is 20.5. The third-order valence-electron chi connectivity index (χ3n) is 11.9. The minimum absolute atomic E-state index is 0.611. The van der Waals surface area contributed by atoms with Gasteiger partial charge in [-0.1, -0.05) is 194 Å². The van der Waals surface area contributed by atoms with Crippen molar-refractivity contribution in [3.05, 3.63) is 218 Å². The van der Waals surface area contributed by atoms with Crippen LogP contribution in [0.3, 0.4) is 0 Å². The molecule has 0 saturated carbocycles. The van der Waals surface area contributed by atoms with Gasteiger partial charge in [0.2, 0.25) is 0 Å². The molecule has 0 fully saturated rings. The van der Waals surface area contributed by atoms with E-state index in [1.54, 1.807) is 0 Å². The number of nitrogens with zero attached hydrogens (tertiary/aromatic N) is 4. The van der Waals surface area contributed by atoms with Crippen molar-refractivity contribution < 1.29 is 4.42 Å². The predicted molar refractivity (Wildman–Crippen MR) is 258 cm³/mol. The normalized spacial score (nSPS) is 11.5. The zero-order valence-corrected chi connectivity index (χ0v) is 34.0. The summed E-state index contributed by atoms with van der Waals surface area (Å²) in [6.07, 6.45) is 0. The Balaban J connectivity index is 0.974. The molecule has 0 spiro atoms. The summed E-state index contributed by atoms with van der Waals surface area (Å²) in [7, 11) is 0. The highest BCUT2D eigenvalue weighted by atomic mass is 16.3. The van der Waals surface area contributed by atoms with Gasteiger partial charge in [-0.3, -0.25) is 0 Å². The van der Waals surface area contributed by atoms with Crippen LogP contribution in [-0.2, 0) is 0 Å². The Hall–Kier alpha value is -8.54. The highest BCUT2D eigenvalue weighted by molar-refractivity contribution is 6.25. The van der Waals surface area contributed by atoms with E-state index < -0.39 is 0 Å². The lowest BCUT2D eigenvalue weighted by atomic mass is 9.93. The first-order valence-corrected chi connectivity index (χ1v) is 21.1. The fourth-order valence-corrected chi connectivity index (χ4v) is 8.88. The van der Waals surface area contributed by atoms with Crippen molar-refractivity contribution in [2.45, 2.75) is 0 Å². The van der Waals surface area contributed by atoms with Gasteiger partial charge in [-0.2, -0.15) is 0 Å². The molecule has 12 rings (SSSR count). The number of para-hydroxylation sites is 1. The summed E-state index contributed by atoms with van der Waals surface area (Å²) < 4.78 is 6.75. The summed E-state index contributed by atoms with van der Waals surface area (Å²) in [6.45, 7) is 0. The number of pyridine rings is 1. The molecular formula is C58H36N4O. The minimum Gasteiger partial charge on any atom is -0.454 e. The number of fused-ring (bicyclic) bond motifs is 6. The zero-order chi connectivity index (χ0) is 41.7. The van der Waals surface area contributed by atoms with Gasteiger partial charge in [0.05, 0.1) is 5.52 Å². The van der Waals surface area contributed by atoms with Crippen molar-refractivity contribution in [2.24, 2.45) is 0 Å². The van der Waals surface area contributed by atoms with Crippen molar-refractivity contribution in [1.29, 1.82) is 0 Å². The van der Waals surface area contributed by atoms with Crippen molar-refractivity contribution in [2.75, 3.05) is 0 Å². The van der Waals surface area contributed by atoms with Gasteiger partial charge in [0, 0.05) is 38.4 Å². The number of hydrogen-bond donors (Lipinski definition) is 0. The van der Waals surface area contributed by atoms with Crippen LogP contribution in [0.25, 0.3) is 122 Å². The van der Waals surface area contributed by atoms with Crippen LogP contribution in [0.15, 0.2) is 223 Å². The summed E-state index contributed by atoms with van der Waals surface area (Å²) in [6, 6.07) is 75.7. The lowest BCUT2D eigenvalue weighted by Gasteiger charge is -2.13. The molecule has 0 atom stereocenters. The van der Waals surface area contributed by atoms with Crippen LogP contribution in [0.4, 0.5) is 0 Å². The number of hydrogen-bond acceptors (Lipinski definition) is 5. The largest absolute Gasteiger partial charge is 0.454 e. The fourth-order valence-electron chi connectivity index (χ4n) is 8.88. The first kappa shape index (κ1) is 36.3. The molecule has 0 aliphatic rings. The second kappa shape index (κ2) is 15.2. The maximum atomic E-state index is 6.75. The molecule has 9 aromatic carbocycles. The van der Waals surface area contributed by atoms with Gasteiger partial charge >= 0.3 is 0 Å². The van der Waals surface area contributed by atoms with Gasteiger partial charge in [0.1, 0.15) is 11.3 Å². The summed E-state index contributed by atoms with van der Waals surface area (Å²) >= 11 is 0. The lowest BCUT2D eigenvalue weighted by Crippen LogP contribution is -2.00. The van der Waals surface area contributed by atoms with E-state index in [2.05, 4.69) is 170 Å². The quantitative estimate of drug-likeness (QED) is 0.161. The third kappa shape index (κ3) is 6.51. The highest BCUT2D eigenvalue weighted by Gasteiger charge is 2.22. The summed E-state index contributed by atoms with van der Waals surface area (Å²) in [5.74, 6) is 1.86. The highest BCUT2D eigenvalue weighted by Crippen LogP contribution is 2.44. The van der Waals surface area contributed by atoms with Gasteiger partial charge in [0.15, 0.2) is 23.1 Å². The topological polar surface area (TPSA) is 64.7 Å². The molecule has 0 bridgehead atoms. The van der Waals surface area contributed by atoms with E-state index in [1.807, 2.05) is 48.5 Å². The molecule has 3 aromatic heterocycles. The Morgan fingerprint density at radius 2 is 0.794 bits per heavy atom. The maximum absolute atomic E-state index is 6.75. The molecule has 0 N–H and O–H groups in total. The molecule has 5 heteroatoms. The number of rotatable bonds is 7. The van der Waals surface area contributed by atoms with Gasteiger partial charge in [-0.25, -0.2) is 19.9 Å². The van der Waals surface area contributed by atoms with E-state index in [4.69, 9.17) is 24.4 Å². The molecule has 5 nitrogen and oxygen atoms in total. The zero-order valence-electron chi connectivity index (χ0n) is 34.0. The number of benzene rings is 9. The van der Waals surface area contributed by atoms with E-state index in [0.717, 1.165) is 105 Å². The molecule has 0 saturated heterocycles. The first-order chi connectivity index (χ1) is 31.2. The Labute approximate surface area is 363 Å². The second-order valence-corrected chi connectivity index (χ2v) is 15.8. The molecule has 3 heterocycles. The summed E-state index contributed by atoms with van der Waals surface area (Å²) in [5.41, 5.74) is 13.8. The number of furan rings is 1. The molecule has 0 unspecified atom stereocenters. The molecule has 0 amide bonds. The minimum atomic E-state index is 0.611. The Morgan fingerprint density at radius 3 is 1.56 bits per heavy atom. The smallest absolute Gasteiger partial charge is 0.164 e. The number of aromatic nitrogens is 4. The van der Waals surface area contributed by atoms with Crippen LogP contribution in [0.5, 0.6) is 0 Å². The third-order valence-corrected chi connectivity index (χ3v) is 11.9. The monoisotopic (exact) mass is 804 g/mol.